The highest BCUT2D eigenvalue weighted by molar-refractivity contribution is 6.22. The van der Waals surface area contributed by atoms with Crippen molar-refractivity contribution in [3.8, 4) is 11.1 Å². The molecule has 2 atom stereocenters. The quantitative estimate of drug-likeness (QED) is 0.436. The van der Waals surface area contributed by atoms with Gasteiger partial charge in [0.1, 0.15) is 12.1 Å². The van der Waals surface area contributed by atoms with Crippen LogP contribution in [-0.4, -0.2) is 75.0 Å². The molecule has 4 N–H and O–H groups in total. The van der Waals surface area contributed by atoms with Gasteiger partial charge in [-0.1, -0.05) is 12.1 Å². The number of nitrogens with one attached hydrogen (secondary N) is 2. The number of amides is 4. The average molecular weight is 492 g/mol. The van der Waals surface area contributed by atoms with Crippen molar-refractivity contribution in [1.29, 1.82) is 0 Å². The minimum atomic E-state index is -1.14. The zero-order valence-corrected chi connectivity index (χ0v) is 19.2. The number of ketones is 1. The lowest BCUT2D eigenvalue weighted by Gasteiger charge is -2.20. The van der Waals surface area contributed by atoms with Crippen LogP contribution in [0, 0.1) is 0 Å². The minimum absolute atomic E-state index is 0.270. The molecule has 11 nitrogen and oxygen atoms in total. The van der Waals surface area contributed by atoms with Crippen LogP contribution in [0.15, 0.2) is 36.4 Å². The predicted octanol–water partition coefficient (Wildman–Crippen LogP) is 3.06. The summed E-state index contributed by atoms with van der Waals surface area (Å²) in [4.78, 5) is 63.4. The molecule has 2 aliphatic heterocycles. The summed E-state index contributed by atoms with van der Waals surface area (Å²) < 4.78 is 0. The van der Waals surface area contributed by atoms with Crippen molar-refractivity contribution in [2.24, 2.45) is 0 Å². The Morgan fingerprint density at radius 2 is 1.11 bits per heavy atom. The Morgan fingerprint density at radius 3 is 1.50 bits per heavy atom. The summed E-state index contributed by atoms with van der Waals surface area (Å²) in [6, 6.07) is 8.36. The van der Waals surface area contributed by atoms with Gasteiger partial charge in [-0.25, -0.2) is 9.59 Å². The fourth-order valence-corrected chi connectivity index (χ4v) is 5.22. The van der Waals surface area contributed by atoms with Crippen LogP contribution >= 0.6 is 0 Å². The van der Waals surface area contributed by atoms with Crippen molar-refractivity contribution >= 4 is 41.2 Å². The summed E-state index contributed by atoms with van der Waals surface area (Å²) in [5.74, 6) is -1.15. The molecule has 1 aliphatic carbocycles. The van der Waals surface area contributed by atoms with E-state index in [2.05, 4.69) is 10.6 Å². The molecule has 2 saturated heterocycles. The Balaban J connectivity index is 1.32. The molecule has 3 aliphatic rings. The molecule has 0 bridgehead atoms. The standard InChI is InChI=1S/C25H24N4O7/c30-21-17-11-13(26-22(31)19-3-1-9-28(19)24(33)34)5-7-15(17)16-8-6-14(12-18(16)21)27-23(32)20-4-2-10-29(20)25(35)36/h5-8,11-12,19-20H,1-4,9-10H2,(H,26,31)(H,27,32)(H,33,34)(H,35,36). The molecule has 0 saturated carbocycles. The highest BCUT2D eigenvalue weighted by Crippen LogP contribution is 2.39. The van der Waals surface area contributed by atoms with Gasteiger partial charge < -0.3 is 20.8 Å². The average Bonchev–Trinajstić information content (AvgIpc) is 3.58. The van der Waals surface area contributed by atoms with Gasteiger partial charge in [-0.05, 0) is 61.1 Å². The van der Waals surface area contributed by atoms with Gasteiger partial charge in [-0.3, -0.25) is 24.2 Å². The number of carboxylic acid groups (broad SMARTS) is 2. The third-order valence-corrected chi connectivity index (χ3v) is 6.96. The molecule has 0 spiro atoms. The van der Waals surface area contributed by atoms with E-state index in [1.165, 1.54) is 0 Å². The van der Waals surface area contributed by atoms with E-state index in [0.29, 0.717) is 72.4 Å². The zero-order chi connectivity index (χ0) is 25.6. The molecule has 2 heterocycles. The number of benzene rings is 2. The van der Waals surface area contributed by atoms with Crippen molar-refractivity contribution in [1.82, 2.24) is 9.80 Å². The first kappa shape index (κ1) is 23.3. The van der Waals surface area contributed by atoms with Gasteiger partial charge in [0, 0.05) is 35.6 Å². The summed E-state index contributed by atoms with van der Waals surface area (Å²) in [6.45, 7) is 0.610. The Hall–Kier alpha value is -4.41. The molecule has 4 amide bonds. The number of anilines is 2. The smallest absolute Gasteiger partial charge is 0.407 e. The highest BCUT2D eigenvalue weighted by Gasteiger charge is 2.36. The second kappa shape index (κ2) is 8.99. The summed E-state index contributed by atoms with van der Waals surface area (Å²) in [7, 11) is 0. The van der Waals surface area contributed by atoms with Gasteiger partial charge >= 0.3 is 12.2 Å². The van der Waals surface area contributed by atoms with Gasteiger partial charge in [0.25, 0.3) is 0 Å². The molecule has 2 aromatic carbocycles. The van der Waals surface area contributed by atoms with Crippen LogP contribution in [-0.2, 0) is 9.59 Å². The molecular formula is C25H24N4O7. The number of hydrogen-bond donors (Lipinski definition) is 4. The van der Waals surface area contributed by atoms with Crippen molar-refractivity contribution in [3.05, 3.63) is 47.5 Å². The first-order chi connectivity index (χ1) is 17.2. The van der Waals surface area contributed by atoms with Crippen LogP contribution in [0.25, 0.3) is 11.1 Å². The largest absolute Gasteiger partial charge is 0.465 e. The van der Waals surface area contributed by atoms with Crippen LogP contribution in [0.1, 0.15) is 41.6 Å². The summed E-state index contributed by atoms with van der Waals surface area (Å²) in [5.41, 5.74) is 2.93. The number of hydrogen-bond acceptors (Lipinski definition) is 5. The molecule has 5 rings (SSSR count). The molecule has 2 unspecified atom stereocenters. The Kier molecular flexibility index (Phi) is 5.83. The van der Waals surface area contributed by atoms with Crippen LogP contribution in [0.5, 0.6) is 0 Å². The van der Waals surface area contributed by atoms with Crippen molar-refractivity contribution in [2.75, 3.05) is 23.7 Å². The topological polar surface area (TPSA) is 156 Å². The first-order valence-electron chi connectivity index (χ1n) is 11.7. The van der Waals surface area contributed by atoms with Crippen molar-refractivity contribution in [3.63, 3.8) is 0 Å². The number of carbonyl (C=O) groups excluding carboxylic acids is 3. The molecule has 0 aromatic heterocycles. The Bertz CT molecular complexity index is 1210. The van der Waals surface area contributed by atoms with Crippen LogP contribution in [0.3, 0.4) is 0 Å². The van der Waals surface area contributed by atoms with E-state index >= 15 is 0 Å². The number of fused-ring (bicyclic) bond motifs is 3. The summed E-state index contributed by atoms with van der Waals surface area (Å²) in [6.07, 6.45) is -0.190. The maximum Gasteiger partial charge on any atom is 0.407 e. The molecular weight excluding hydrogens is 468 g/mol. The minimum Gasteiger partial charge on any atom is -0.465 e. The Labute approximate surface area is 205 Å². The number of rotatable bonds is 4. The molecule has 0 radical (unpaired) electrons. The monoisotopic (exact) mass is 492 g/mol. The van der Waals surface area contributed by atoms with Crippen LogP contribution in [0.2, 0.25) is 0 Å². The third-order valence-electron chi connectivity index (χ3n) is 6.96. The van der Waals surface area contributed by atoms with Gasteiger partial charge in [-0.15, -0.1) is 0 Å². The van der Waals surface area contributed by atoms with Gasteiger partial charge in [0.05, 0.1) is 0 Å². The Morgan fingerprint density at radius 1 is 0.694 bits per heavy atom. The van der Waals surface area contributed by atoms with E-state index in [-0.39, 0.29) is 5.78 Å². The summed E-state index contributed by atoms with van der Waals surface area (Å²) >= 11 is 0. The van der Waals surface area contributed by atoms with Crippen molar-refractivity contribution < 1.29 is 34.2 Å². The fourth-order valence-electron chi connectivity index (χ4n) is 5.22. The van der Waals surface area contributed by atoms with Crippen LogP contribution < -0.4 is 10.6 Å². The number of nitrogens with zero attached hydrogens (tertiary/aromatic N) is 2. The van der Waals surface area contributed by atoms with Gasteiger partial charge in [0.15, 0.2) is 5.78 Å². The first-order valence-corrected chi connectivity index (χ1v) is 11.7. The number of carbonyl (C=O) groups is 5. The van der Waals surface area contributed by atoms with E-state index in [1.54, 1.807) is 36.4 Å². The van der Waals surface area contributed by atoms with E-state index < -0.39 is 36.1 Å². The van der Waals surface area contributed by atoms with Crippen molar-refractivity contribution in [2.45, 2.75) is 37.8 Å². The maximum absolute atomic E-state index is 13.2. The molecule has 2 aromatic rings. The zero-order valence-electron chi connectivity index (χ0n) is 19.2. The maximum atomic E-state index is 13.2. The normalized spacial score (nSPS) is 20.2. The second-order valence-corrected chi connectivity index (χ2v) is 9.10. The molecule has 36 heavy (non-hydrogen) atoms. The lowest BCUT2D eigenvalue weighted by molar-refractivity contribution is -0.120. The van der Waals surface area contributed by atoms with Gasteiger partial charge in [-0.2, -0.15) is 0 Å². The van der Waals surface area contributed by atoms with E-state index in [4.69, 9.17) is 0 Å². The predicted molar refractivity (Wildman–Crippen MR) is 128 cm³/mol. The third kappa shape index (κ3) is 4.02. The molecule has 11 heteroatoms. The lowest BCUT2D eigenvalue weighted by atomic mass is 10.0. The van der Waals surface area contributed by atoms with Gasteiger partial charge in [0.2, 0.25) is 11.8 Å². The highest BCUT2D eigenvalue weighted by atomic mass is 16.4. The SMILES string of the molecule is O=C1c2cc(NC(=O)C3CCCN3C(=O)O)ccc2-c2ccc(NC(=O)C3CCCN3C(=O)O)cc21. The second-order valence-electron chi connectivity index (χ2n) is 9.10. The van der Waals surface area contributed by atoms with E-state index in [9.17, 15) is 34.2 Å². The molecule has 186 valence electrons. The van der Waals surface area contributed by atoms with Crippen LogP contribution in [0.4, 0.5) is 21.0 Å². The lowest BCUT2D eigenvalue weighted by Crippen LogP contribution is -2.42. The summed E-state index contributed by atoms with van der Waals surface area (Å²) in [5, 5.41) is 24.0. The van der Waals surface area contributed by atoms with E-state index in [0.717, 1.165) is 9.80 Å². The fraction of sp³-hybridized carbons (Fsp3) is 0.320. The number of likely N-dealkylation sites (tertiary alicyclic amines) is 2. The molecule has 2 fully saturated rings. The van der Waals surface area contributed by atoms with E-state index in [1.807, 2.05) is 0 Å².